The number of allylic oxidation sites excluding steroid dienone is 1. The molecular weight excluding hydrogens is 320 g/mol. The number of ketones is 1. The van der Waals surface area contributed by atoms with Crippen molar-refractivity contribution in [2.45, 2.75) is 20.3 Å². The SMILES string of the molecule is CCCN=C(N)/C(C(=O)OCC(=O)c1c(F)cccc1F)=C(/C)N. The molecule has 0 spiro atoms. The zero-order chi connectivity index (χ0) is 18.3. The number of benzene rings is 1. The van der Waals surface area contributed by atoms with Crippen molar-refractivity contribution in [3.8, 4) is 0 Å². The van der Waals surface area contributed by atoms with Crippen molar-refractivity contribution in [1.82, 2.24) is 0 Å². The minimum absolute atomic E-state index is 0.0573. The molecule has 6 nitrogen and oxygen atoms in total. The first kappa shape index (κ1) is 19.3. The third-order valence-electron chi connectivity index (χ3n) is 2.94. The summed E-state index contributed by atoms with van der Waals surface area (Å²) < 4.78 is 31.8. The Morgan fingerprint density at radius 1 is 1.21 bits per heavy atom. The second-order valence-electron chi connectivity index (χ2n) is 4.92. The Morgan fingerprint density at radius 3 is 2.29 bits per heavy atom. The lowest BCUT2D eigenvalue weighted by Crippen LogP contribution is -2.28. The fraction of sp³-hybridized carbons (Fsp3) is 0.312. The highest BCUT2D eigenvalue weighted by atomic mass is 19.1. The highest BCUT2D eigenvalue weighted by Gasteiger charge is 2.22. The molecule has 0 saturated heterocycles. The highest BCUT2D eigenvalue weighted by molar-refractivity contribution is 6.19. The predicted octanol–water partition coefficient (Wildman–Crippen LogP) is 1.69. The molecule has 0 amide bonds. The van der Waals surface area contributed by atoms with E-state index in [4.69, 9.17) is 16.2 Å². The van der Waals surface area contributed by atoms with Crippen molar-refractivity contribution >= 4 is 17.6 Å². The predicted molar refractivity (Wildman–Crippen MR) is 85.3 cm³/mol. The normalized spacial score (nSPS) is 12.6. The molecule has 0 saturated carbocycles. The largest absolute Gasteiger partial charge is 0.454 e. The van der Waals surface area contributed by atoms with Gasteiger partial charge in [-0.2, -0.15) is 0 Å². The monoisotopic (exact) mass is 339 g/mol. The summed E-state index contributed by atoms with van der Waals surface area (Å²) in [6.07, 6.45) is 0.706. The topological polar surface area (TPSA) is 108 Å². The summed E-state index contributed by atoms with van der Waals surface area (Å²) in [4.78, 5) is 27.8. The number of ether oxygens (including phenoxy) is 1. The Labute approximate surface area is 138 Å². The summed E-state index contributed by atoms with van der Waals surface area (Å²) in [5, 5.41) is 0. The summed E-state index contributed by atoms with van der Waals surface area (Å²) in [6, 6.07) is 2.99. The van der Waals surface area contributed by atoms with Crippen LogP contribution in [0.1, 0.15) is 30.6 Å². The first-order valence-electron chi connectivity index (χ1n) is 7.20. The van der Waals surface area contributed by atoms with E-state index in [1.54, 1.807) is 0 Å². The van der Waals surface area contributed by atoms with Gasteiger partial charge in [0, 0.05) is 12.2 Å². The van der Waals surface area contributed by atoms with Crippen molar-refractivity contribution < 1.29 is 23.1 Å². The molecule has 0 aromatic heterocycles. The van der Waals surface area contributed by atoms with Crippen LogP contribution in [0.3, 0.4) is 0 Å². The number of hydrogen-bond donors (Lipinski definition) is 2. The van der Waals surface area contributed by atoms with E-state index in [2.05, 4.69) is 4.99 Å². The van der Waals surface area contributed by atoms with Gasteiger partial charge in [-0.1, -0.05) is 13.0 Å². The van der Waals surface area contributed by atoms with Crippen molar-refractivity contribution in [3.05, 3.63) is 46.7 Å². The summed E-state index contributed by atoms with van der Waals surface area (Å²) in [5.41, 5.74) is 10.4. The number of rotatable bonds is 7. The van der Waals surface area contributed by atoms with E-state index in [1.807, 2.05) is 6.92 Å². The average Bonchev–Trinajstić information content (AvgIpc) is 2.50. The van der Waals surface area contributed by atoms with E-state index in [-0.39, 0.29) is 17.1 Å². The lowest BCUT2D eigenvalue weighted by molar-refractivity contribution is -0.137. The molecule has 1 aromatic rings. The van der Waals surface area contributed by atoms with E-state index in [0.717, 1.165) is 18.2 Å². The number of nitrogens with zero attached hydrogens (tertiary/aromatic N) is 1. The van der Waals surface area contributed by atoms with E-state index in [1.165, 1.54) is 6.92 Å². The molecule has 0 aliphatic carbocycles. The maximum absolute atomic E-state index is 13.5. The van der Waals surface area contributed by atoms with Crippen molar-refractivity contribution in [2.75, 3.05) is 13.2 Å². The minimum Gasteiger partial charge on any atom is -0.454 e. The van der Waals surface area contributed by atoms with Gasteiger partial charge in [0.15, 0.2) is 6.61 Å². The molecule has 0 unspecified atom stereocenters. The van der Waals surface area contributed by atoms with Crippen LogP contribution in [0.4, 0.5) is 8.78 Å². The molecule has 130 valence electrons. The first-order chi connectivity index (χ1) is 11.3. The van der Waals surface area contributed by atoms with Crippen LogP contribution in [0.25, 0.3) is 0 Å². The van der Waals surface area contributed by atoms with Crippen LogP contribution >= 0.6 is 0 Å². The molecule has 0 fully saturated rings. The van der Waals surface area contributed by atoms with Crippen LogP contribution < -0.4 is 11.5 Å². The van der Waals surface area contributed by atoms with Crippen LogP contribution in [0.2, 0.25) is 0 Å². The Bertz CT molecular complexity index is 676. The number of Topliss-reactive ketones (excluding diaryl/α,β-unsaturated/α-hetero) is 1. The Morgan fingerprint density at radius 2 is 1.79 bits per heavy atom. The molecule has 0 atom stereocenters. The lowest BCUT2D eigenvalue weighted by atomic mass is 10.1. The summed E-state index contributed by atoms with van der Waals surface area (Å²) in [7, 11) is 0. The number of hydrogen-bond acceptors (Lipinski definition) is 5. The molecule has 0 bridgehead atoms. The third kappa shape index (κ3) is 4.87. The van der Waals surface area contributed by atoms with Crippen molar-refractivity contribution in [3.63, 3.8) is 0 Å². The molecule has 0 radical (unpaired) electrons. The average molecular weight is 339 g/mol. The van der Waals surface area contributed by atoms with E-state index in [0.29, 0.717) is 13.0 Å². The van der Waals surface area contributed by atoms with Gasteiger partial charge < -0.3 is 16.2 Å². The molecule has 4 N–H and O–H groups in total. The fourth-order valence-corrected chi connectivity index (χ4v) is 1.82. The number of amidine groups is 1. The van der Waals surface area contributed by atoms with Crippen LogP contribution in [-0.4, -0.2) is 30.7 Å². The first-order valence-corrected chi connectivity index (χ1v) is 7.20. The minimum atomic E-state index is -1.04. The molecular formula is C16H19F2N3O3. The zero-order valence-electron chi connectivity index (χ0n) is 13.4. The maximum Gasteiger partial charge on any atom is 0.344 e. The quantitative estimate of drug-likeness (QED) is 0.258. The number of esters is 1. The van der Waals surface area contributed by atoms with E-state index >= 15 is 0 Å². The summed E-state index contributed by atoms with van der Waals surface area (Å²) in [5.74, 6) is -4.20. The molecule has 1 aromatic carbocycles. The molecule has 1 rings (SSSR count). The Balaban J connectivity index is 2.87. The number of nitrogens with two attached hydrogens (primary N) is 2. The smallest absolute Gasteiger partial charge is 0.344 e. The standard InChI is InChI=1S/C16H19F2N3O3/c1-3-7-21-15(20)13(9(2)19)16(23)24-8-12(22)14-10(17)5-4-6-11(14)18/h4-6H,3,7-8,19H2,1-2H3,(H2,20,21)/b13-9+. The summed E-state index contributed by atoms with van der Waals surface area (Å²) in [6.45, 7) is 2.82. The fourth-order valence-electron chi connectivity index (χ4n) is 1.82. The van der Waals surface area contributed by atoms with E-state index < -0.39 is 35.6 Å². The second kappa shape index (κ2) is 8.76. The lowest BCUT2D eigenvalue weighted by Gasteiger charge is -2.10. The molecule has 0 aliphatic rings. The van der Waals surface area contributed by atoms with Gasteiger partial charge in [0.1, 0.15) is 23.0 Å². The van der Waals surface area contributed by atoms with Gasteiger partial charge in [-0.25, -0.2) is 13.6 Å². The van der Waals surface area contributed by atoms with Crippen molar-refractivity contribution in [1.29, 1.82) is 0 Å². The number of carbonyl (C=O) groups excluding carboxylic acids is 2. The number of halogens is 2. The number of carbonyl (C=O) groups is 2. The zero-order valence-corrected chi connectivity index (χ0v) is 13.4. The van der Waals surface area contributed by atoms with E-state index in [9.17, 15) is 18.4 Å². The van der Waals surface area contributed by atoms with Crippen LogP contribution in [0, 0.1) is 11.6 Å². The van der Waals surface area contributed by atoms with Crippen LogP contribution in [0.15, 0.2) is 34.5 Å². The number of aliphatic imine (C=N–C) groups is 1. The third-order valence-corrected chi connectivity index (χ3v) is 2.94. The van der Waals surface area contributed by atoms with Gasteiger partial charge in [0.2, 0.25) is 5.78 Å². The van der Waals surface area contributed by atoms with Crippen LogP contribution in [0.5, 0.6) is 0 Å². The molecule has 8 heteroatoms. The van der Waals surface area contributed by atoms with Gasteiger partial charge in [-0.05, 0) is 25.5 Å². The highest BCUT2D eigenvalue weighted by Crippen LogP contribution is 2.13. The van der Waals surface area contributed by atoms with Gasteiger partial charge in [-0.15, -0.1) is 0 Å². The van der Waals surface area contributed by atoms with Gasteiger partial charge in [0.25, 0.3) is 0 Å². The molecule has 0 aliphatic heterocycles. The Hall–Kier alpha value is -2.77. The molecule has 0 heterocycles. The second-order valence-corrected chi connectivity index (χ2v) is 4.92. The van der Waals surface area contributed by atoms with Gasteiger partial charge in [-0.3, -0.25) is 9.79 Å². The molecule has 24 heavy (non-hydrogen) atoms. The Kier molecular flexibility index (Phi) is 7.03. The summed E-state index contributed by atoms with van der Waals surface area (Å²) >= 11 is 0. The van der Waals surface area contributed by atoms with Gasteiger partial charge >= 0.3 is 5.97 Å². The van der Waals surface area contributed by atoms with Crippen LogP contribution in [-0.2, 0) is 9.53 Å². The van der Waals surface area contributed by atoms with Crippen molar-refractivity contribution in [2.24, 2.45) is 16.5 Å². The van der Waals surface area contributed by atoms with Gasteiger partial charge in [0.05, 0.1) is 5.56 Å². The maximum atomic E-state index is 13.5.